The van der Waals surface area contributed by atoms with Crippen LogP contribution in [0, 0.1) is 11.8 Å². The Morgan fingerprint density at radius 3 is 2.81 bits per heavy atom. The average Bonchev–Trinajstić information content (AvgIpc) is 3.22. The van der Waals surface area contributed by atoms with Crippen molar-refractivity contribution < 1.29 is 4.79 Å². The van der Waals surface area contributed by atoms with Crippen LogP contribution in [0.25, 0.3) is 11.0 Å². The molecule has 0 radical (unpaired) electrons. The average molecular weight is 461 g/mol. The van der Waals surface area contributed by atoms with Crippen LogP contribution in [0.2, 0.25) is 10.0 Å². The Hall–Kier alpha value is -2.38. The number of halogens is 2. The van der Waals surface area contributed by atoms with Crippen LogP contribution >= 0.6 is 23.2 Å². The molecule has 1 fully saturated rings. The van der Waals surface area contributed by atoms with E-state index in [1.807, 2.05) is 6.92 Å². The summed E-state index contributed by atoms with van der Waals surface area (Å²) in [5.74, 6) is 1.78. The molecule has 164 valence electrons. The van der Waals surface area contributed by atoms with Crippen molar-refractivity contribution in [2.75, 3.05) is 23.3 Å². The van der Waals surface area contributed by atoms with E-state index in [1.165, 1.54) is 0 Å². The second-order valence-electron chi connectivity index (χ2n) is 8.24. The van der Waals surface area contributed by atoms with Gasteiger partial charge >= 0.3 is 0 Å². The molecule has 1 saturated heterocycles. The summed E-state index contributed by atoms with van der Waals surface area (Å²) in [5, 5.41) is 12.3. The van der Waals surface area contributed by atoms with Crippen molar-refractivity contribution in [3.63, 3.8) is 0 Å². The normalized spacial score (nSPS) is 20.1. The number of ketones is 1. The number of hydrogen-bond acceptors (Lipinski definition) is 6. The van der Waals surface area contributed by atoms with Gasteiger partial charge in [-0.25, -0.2) is 9.97 Å². The SMILES string of the molecule is CC[C@@H](Nc1cc(Cl)cc(Cl)c1)C(=O)C[C@H]1CN(c2ncnc3[nH]ncc23)CC[C@@H]1C. The number of carbonyl (C=O) groups is 1. The molecule has 0 saturated carbocycles. The number of benzene rings is 1. The summed E-state index contributed by atoms with van der Waals surface area (Å²) in [6, 6.07) is 4.98. The molecule has 31 heavy (non-hydrogen) atoms. The number of Topliss-reactive ketones (excluding diaryl/α,β-unsaturated/α-hetero) is 1. The highest BCUT2D eigenvalue weighted by Crippen LogP contribution is 2.32. The van der Waals surface area contributed by atoms with E-state index in [0.717, 1.165) is 42.0 Å². The van der Waals surface area contributed by atoms with Crippen molar-refractivity contribution in [3.8, 4) is 0 Å². The zero-order valence-electron chi connectivity index (χ0n) is 17.6. The van der Waals surface area contributed by atoms with Gasteiger partial charge in [-0.3, -0.25) is 9.89 Å². The van der Waals surface area contributed by atoms with Crippen LogP contribution in [-0.4, -0.2) is 45.1 Å². The molecule has 0 aliphatic carbocycles. The number of piperidine rings is 1. The second kappa shape index (κ2) is 9.40. The van der Waals surface area contributed by atoms with Gasteiger partial charge in [0.1, 0.15) is 12.1 Å². The zero-order chi connectivity index (χ0) is 22.0. The molecule has 0 bridgehead atoms. The van der Waals surface area contributed by atoms with Crippen LogP contribution in [0.3, 0.4) is 0 Å². The van der Waals surface area contributed by atoms with Crippen LogP contribution < -0.4 is 10.2 Å². The first-order valence-corrected chi connectivity index (χ1v) is 11.3. The number of anilines is 2. The van der Waals surface area contributed by atoms with Crippen LogP contribution in [0.5, 0.6) is 0 Å². The Balaban J connectivity index is 1.46. The van der Waals surface area contributed by atoms with Crippen molar-refractivity contribution in [3.05, 3.63) is 40.8 Å². The lowest BCUT2D eigenvalue weighted by Gasteiger charge is -2.38. The summed E-state index contributed by atoms with van der Waals surface area (Å²) in [6.45, 7) is 5.92. The van der Waals surface area contributed by atoms with E-state index >= 15 is 0 Å². The maximum atomic E-state index is 13.2. The van der Waals surface area contributed by atoms with Gasteiger partial charge in [0, 0.05) is 35.2 Å². The number of fused-ring (bicyclic) bond motifs is 1. The summed E-state index contributed by atoms with van der Waals surface area (Å²) >= 11 is 12.2. The molecule has 9 heteroatoms. The van der Waals surface area contributed by atoms with E-state index in [1.54, 1.807) is 30.7 Å². The molecule has 4 rings (SSSR count). The van der Waals surface area contributed by atoms with Gasteiger partial charge in [-0.15, -0.1) is 0 Å². The number of rotatable bonds is 7. The van der Waals surface area contributed by atoms with E-state index in [0.29, 0.717) is 28.8 Å². The Labute approximate surface area is 191 Å². The van der Waals surface area contributed by atoms with Gasteiger partial charge in [0.2, 0.25) is 0 Å². The highest BCUT2D eigenvalue weighted by molar-refractivity contribution is 6.35. The summed E-state index contributed by atoms with van der Waals surface area (Å²) < 4.78 is 0. The molecule has 3 aromatic rings. The summed E-state index contributed by atoms with van der Waals surface area (Å²) in [7, 11) is 0. The van der Waals surface area contributed by atoms with Gasteiger partial charge in [0.05, 0.1) is 17.6 Å². The Morgan fingerprint density at radius 1 is 1.29 bits per heavy atom. The number of aromatic nitrogens is 4. The van der Waals surface area contributed by atoms with E-state index in [9.17, 15) is 4.79 Å². The molecule has 3 atom stereocenters. The number of nitrogens with zero attached hydrogens (tertiary/aromatic N) is 4. The minimum Gasteiger partial charge on any atom is -0.375 e. The van der Waals surface area contributed by atoms with Gasteiger partial charge in [0.25, 0.3) is 0 Å². The summed E-state index contributed by atoms with van der Waals surface area (Å²) in [6.07, 6.45) is 5.53. The molecule has 7 nitrogen and oxygen atoms in total. The van der Waals surface area contributed by atoms with E-state index < -0.39 is 0 Å². The first kappa shape index (κ1) is 21.8. The monoisotopic (exact) mass is 460 g/mol. The second-order valence-corrected chi connectivity index (χ2v) is 9.11. The lowest BCUT2D eigenvalue weighted by Crippen LogP contribution is -2.42. The third-order valence-corrected chi connectivity index (χ3v) is 6.54. The van der Waals surface area contributed by atoms with Crippen molar-refractivity contribution in [2.45, 2.75) is 39.2 Å². The zero-order valence-corrected chi connectivity index (χ0v) is 19.1. The molecule has 0 unspecified atom stereocenters. The van der Waals surface area contributed by atoms with Gasteiger partial charge in [-0.1, -0.05) is 37.0 Å². The van der Waals surface area contributed by atoms with E-state index in [2.05, 4.69) is 37.3 Å². The fourth-order valence-corrected chi connectivity index (χ4v) is 4.79. The molecule has 1 aliphatic rings. The summed E-state index contributed by atoms with van der Waals surface area (Å²) in [5.41, 5.74) is 1.49. The molecule has 0 amide bonds. The van der Waals surface area contributed by atoms with Gasteiger partial charge in [-0.2, -0.15) is 5.10 Å². The molecule has 2 N–H and O–H groups in total. The predicted octanol–water partition coefficient (Wildman–Crippen LogP) is 4.97. The van der Waals surface area contributed by atoms with Crippen LogP contribution in [0.15, 0.2) is 30.7 Å². The number of carbonyl (C=O) groups excluding carboxylic acids is 1. The largest absolute Gasteiger partial charge is 0.375 e. The number of nitrogens with one attached hydrogen (secondary N) is 2. The minimum atomic E-state index is -0.281. The van der Waals surface area contributed by atoms with E-state index in [-0.39, 0.29) is 17.7 Å². The fourth-order valence-electron chi connectivity index (χ4n) is 4.26. The first-order chi connectivity index (χ1) is 14.9. The first-order valence-electron chi connectivity index (χ1n) is 10.6. The third kappa shape index (κ3) is 4.93. The molecular weight excluding hydrogens is 435 g/mol. The molecule has 1 aliphatic heterocycles. The number of H-pyrrole nitrogens is 1. The van der Waals surface area contributed by atoms with E-state index in [4.69, 9.17) is 23.2 Å². The fraction of sp³-hybridized carbons (Fsp3) is 0.455. The maximum absolute atomic E-state index is 13.2. The maximum Gasteiger partial charge on any atom is 0.160 e. The number of aromatic amines is 1. The Bertz CT molecular complexity index is 1050. The van der Waals surface area contributed by atoms with Crippen molar-refractivity contribution in [2.24, 2.45) is 11.8 Å². The number of hydrogen-bond donors (Lipinski definition) is 2. The minimum absolute atomic E-state index is 0.202. The quantitative estimate of drug-likeness (QED) is 0.517. The van der Waals surface area contributed by atoms with Crippen LogP contribution in [-0.2, 0) is 4.79 Å². The van der Waals surface area contributed by atoms with Crippen LogP contribution in [0.4, 0.5) is 11.5 Å². The van der Waals surface area contributed by atoms with Gasteiger partial charge in [-0.05, 0) is 42.9 Å². The standard InChI is InChI=1S/C22H26Cl2N6O/c1-3-19(28-17-8-15(23)7-16(24)9-17)20(31)6-14-11-30(5-4-13(14)2)22-18-10-27-29-21(18)25-12-26-22/h7-10,12-14,19,28H,3-6,11H2,1-2H3,(H,25,26,27,29)/t13-,14-,19+/m0/s1. The lowest BCUT2D eigenvalue weighted by molar-refractivity contribution is -0.121. The van der Waals surface area contributed by atoms with Gasteiger partial charge in [0.15, 0.2) is 11.4 Å². The molecular formula is C22H26Cl2N6O. The predicted molar refractivity (Wildman–Crippen MR) is 125 cm³/mol. The van der Waals surface area contributed by atoms with Crippen molar-refractivity contribution in [1.82, 2.24) is 20.2 Å². The molecule has 3 heterocycles. The van der Waals surface area contributed by atoms with Crippen molar-refractivity contribution in [1.29, 1.82) is 0 Å². The van der Waals surface area contributed by atoms with Gasteiger partial charge < -0.3 is 10.2 Å². The molecule has 0 spiro atoms. The smallest absolute Gasteiger partial charge is 0.160 e. The molecule has 1 aromatic carbocycles. The van der Waals surface area contributed by atoms with Crippen molar-refractivity contribution >= 4 is 51.5 Å². The summed E-state index contributed by atoms with van der Waals surface area (Å²) in [4.78, 5) is 24.2. The highest BCUT2D eigenvalue weighted by atomic mass is 35.5. The lowest BCUT2D eigenvalue weighted by atomic mass is 9.82. The van der Waals surface area contributed by atoms with Crippen LogP contribution in [0.1, 0.15) is 33.1 Å². The molecule has 2 aromatic heterocycles. The highest BCUT2D eigenvalue weighted by Gasteiger charge is 2.31. The topological polar surface area (TPSA) is 86.8 Å². The third-order valence-electron chi connectivity index (χ3n) is 6.10. The Morgan fingerprint density at radius 2 is 2.06 bits per heavy atom. The Kier molecular flexibility index (Phi) is 6.62.